The summed E-state index contributed by atoms with van der Waals surface area (Å²) in [5, 5.41) is 0. The van der Waals surface area contributed by atoms with Crippen LogP contribution in [0.25, 0.3) is 0 Å². The fraction of sp³-hybridized carbons (Fsp3) is 0.455. The van der Waals surface area contributed by atoms with Crippen LogP contribution in [-0.2, 0) is 6.42 Å². The van der Waals surface area contributed by atoms with Crippen molar-refractivity contribution in [3.8, 4) is 0 Å². The molecule has 0 aliphatic carbocycles. The van der Waals surface area contributed by atoms with Crippen LogP contribution in [0, 0.1) is 11.7 Å². The van der Waals surface area contributed by atoms with E-state index in [9.17, 15) is 4.39 Å². The third-order valence-electron chi connectivity index (χ3n) is 2.18. The SMILES string of the molecule is CC(CCl)CCc1cc(Br)ccc1F. The minimum atomic E-state index is -0.130. The molecule has 0 aliphatic heterocycles. The Morgan fingerprint density at radius 2 is 2.21 bits per heavy atom. The predicted octanol–water partition coefficient (Wildman–Crippen LogP) is 4.40. The molecule has 0 heterocycles. The van der Waals surface area contributed by atoms with E-state index >= 15 is 0 Å². The summed E-state index contributed by atoms with van der Waals surface area (Å²) in [6.07, 6.45) is 1.68. The Morgan fingerprint density at radius 3 is 2.86 bits per heavy atom. The molecule has 1 rings (SSSR count). The first-order valence-corrected chi connectivity index (χ1v) is 5.96. The second kappa shape index (κ2) is 5.72. The highest BCUT2D eigenvalue weighted by Gasteiger charge is 2.05. The Bertz CT molecular complexity index is 301. The first kappa shape index (κ1) is 12.0. The lowest BCUT2D eigenvalue weighted by atomic mass is 10.0. The van der Waals surface area contributed by atoms with Gasteiger partial charge < -0.3 is 0 Å². The lowest BCUT2D eigenvalue weighted by Crippen LogP contribution is -2.00. The number of rotatable bonds is 4. The molecule has 0 aromatic heterocycles. The average Bonchev–Trinajstić information content (AvgIpc) is 2.19. The van der Waals surface area contributed by atoms with Crippen LogP contribution < -0.4 is 0 Å². The van der Waals surface area contributed by atoms with Crippen molar-refractivity contribution in [1.82, 2.24) is 0 Å². The van der Waals surface area contributed by atoms with Gasteiger partial charge in [-0.25, -0.2) is 4.39 Å². The highest BCUT2D eigenvalue weighted by Crippen LogP contribution is 2.18. The molecule has 0 saturated heterocycles. The van der Waals surface area contributed by atoms with Gasteiger partial charge in [-0.05, 0) is 42.5 Å². The van der Waals surface area contributed by atoms with Crippen molar-refractivity contribution < 1.29 is 4.39 Å². The van der Waals surface area contributed by atoms with Crippen molar-refractivity contribution in [1.29, 1.82) is 0 Å². The number of aryl methyl sites for hydroxylation is 1. The van der Waals surface area contributed by atoms with Crippen LogP contribution in [0.2, 0.25) is 0 Å². The van der Waals surface area contributed by atoms with Crippen LogP contribution in [0.15, 0.2) is 22.7 Å². The van der Waals surface area contributed by atoms with E-state index in [-0.39, 0.29) is 5.82 Å². The number of benzene rings is 1. The first-order chi connectivity index (χ1) is 6.63. The molecule has 78 valence electrons. The topological polar surface area (TPSA) is 0 Å². The van der Waals surface area contributed by atoms with E-state index in [0.717, 1.165) is 22.9 Å². The number of hydrogen-bond donors (Lipinski definition) is 0. The van der Waals surface area contributed by atoms with Crippen LogP contribution in [0.1, 0.15) is 18.9 Å². The molecular formula is C11H13BrClF. The Balaban J connectivity index is 2.62. The van der Waals surface area contributed by atoms with Crippen molar-refractivity contribution in [3.05, 3.63) is 34.1 Å². The molecule has 0 aliphatic rings. The smallest absolute Gasteiger partial charge is 0.126 e. The number of halogens is 3. The zero-order valence-electron chi connectivity index (χ0n) is 8.06. The second-order valence-electron chi connectivity index (χ2n) is 3.53. The Hall–Kier alpha value is -0.0800. The highest BCUT2D eigenvalue weighted by molar-refractivity contribution is 9.10. The van der Waals surface area contributed by atoms with E-state index in [1.165, 1.54) is 6.07 Å². The van der Waals surface area contributed by atoms with Crippen molar-refractivity contribution in [2.75, 3.05) is 5.88 Å². The van der Waals surface area contributed by atoms with Gasteiger partial charge in [0.05, 0.1) is 0 Å². The monoisotopic (exact) mass is 278 g/mol. The van der Waals surface area contributed by atoms with Gasteiger partial charge in [-0.3, -0.25) is 0 Å². The maximum atomic E-state index is 13.3. The van der Waals surface area contributed by atoms with Gasteiger partial charge in [0.25, 0.3) is 0 Å². The number of alkyl halides is 1. The van der Waals surface area contributed by atoms with Crippen LogP contribution in [0.5, 0.6) is 0 Å². The van der Waals surface area contributed by atoms with E-state index in [1.807, 2.05) is 6.07 Å². The van der Waals surface area contributed by atoms with Crippen LogP contribution in [0.4, 0.5) is 4.39 Å². The maximum Gasteiger partial charge on any atom is 0.126 e. The molecule has 0 bridgehead atoms. The summed E-state index contributed by atoms with van der Waals surface area (Å²) < 4.78 is 14.2. The fourth-order valence-corrected chi connectivity index (χ4v) is 1.78. The fourth-order valence-electron chi connectivity index (χ4n) is 1.21. The van der Waals surface area contributed by atoms with E-state index in [2.05, 4.69) is 22.9 Å². The van der Waals surface area contributed by atoms with Crippen molar-refractivity contribution >= 4 is 27.5 Å². The van der Waals surface area contributed by atoms with Gasteiger partial charge in [0.2, 0.25) is 0 Å². The van der Waals surface area contributed by atoms with Gasteiger partial charge in [0.1, 0.15) is 5.82 Å². The van der Waals surface area contributed by atoms with Crippen molar-refractivity contribution in [2.24, 2.45) is 5.92 Å². The minimum absolute atomic E-state index is 0.130. The van der Waals surface area contributed by atoms with Crippen molar-refractivity contribution in [3.63, 3.8) is 0 Å². The Labute approximate surface area is 97.6 Å². The highest BCUT2D eigenvalue weighted by atomic mass is 79.9. The molecule has 1 atom stereocenters. The van der Waals surface area contributed by atoms with Gasteiger partial charge in [-0.1, -0.05) is 22.9 Å². The summed E-state index contributed by atoms with van der Waals surface area (Å²) in [5.74, 6) is 0.945. The molecule has 14 heavy (non-hydrogen) atoms. The largest absolute Gasteiger partial charge is 0.207 e. The standard InChI is InChI=1S/C11H13BrClF/c1-8(7-13)2-3-9-6-10(12)4-5-11(9)14/h4-6,8H,2-3,7H2,1H3. The van der Waals surface area contributed by atoms with E-state index in [1.54, 1.807) is 6.07 Å². The van der Waals surface area contributed by atoms with Gasteiger partial charge in [0, 0.05) is 10.4 Å². The van der Waals surface area contributed by atoms with Gasteiger partial charge in [-0.2, -0.15) is 0 Å². The molecule has 1 unspecified atom stereocenters. The third-order valence-corrected chi connectivity index (χ3v) is 3.20. The summed E-state index contributed by atoms with van der Waals surface area (Å²) >= 11 is 9.01. The minimum Gasteiger partial charge on any atom is -0.207 e. The molecule has 0 radical (unpaired) electrons. The van der Waals surface area contributed by atoms with Crippen molar-refractivity contribution in [2.45, 2.75) is 19.8 Å². The lowest BCUT2D eigenvalue weighted by Gasteiger charge is -2.08. The van der Waals surface area contributed by atoms with Crippen LogP contribution in [-0.4, -0.2) is 5.88 Å². The summed E-state index contributed by atoms with van der Waals surface area (Å²) in [6.45, 7) is 2.07. The molecule has 0 amide bonds. The summed E-state index contributed by atoms with van der Waals surface area (Å²) in [7, 11) is 0. The summed E-state index contributed by atoms with van der Waals surface area (Å²) in [6, 6.07) is 5.03. The molecule has 0 N–H and O–H groups in total. The van der Waals surface area contributed by atoms with E-state index in [4.69, 9.17) is 11.6 Å². The van der Waals surface area contributed by atoms with Gasteiger partial charge in [-0.15, -0.1) is 11.6 Å². The molecule has 0 nitrogen and oxygen atoms in total. The first-order valence-electron chi connectivity index (χ1n) is 4.63. The van der Waals surface area contributed by atoms with E-state index < -0.39 is 0 Å². The maximum absolute atomic E-state index is 13.3. The molecule has 1 aromatic carbocycles. The quantitative estimate of drug-likeness (QED) is 0.717. The zero-order chi connectivity index (χ0) is 10.6. The molecule has 0 saturated carbocycles. The van der Waals surface area contributed by atoms with Crippen LogP contribution in [0.3, 0.4) is 0 Å². The van der Waals surface area contributed by atoms with E-state index in [0.29, 0.717) is 11.8 Å². The average molecular weight is 280 g/mol. The lowest BCUT2D eigenvalue weighted by molar-refractivity contribution is 0.561. The number of hydrogen-bond acceptors (Lipinski definition) is 0. The summed E-state index contributed by atoms with van der Waals surface area (Å²) in [5.41, 5.74) is 0.761. The molecule has 0 spiro atoms. The Kier molecular flexibility index (Phi) is 4.90. The molecule has 3 heteroatoms. The molecule has 0 fully saturated rings. The molecular weight excluding hydrogens is 266 g/mol. The predicted molar refractivity (Wildman–Crippen MR) is 62.3 cm³/mol. The normalized spacial score (nSPS) is 12.9. The van der Waals surface area contributed by atoms with Crippen LogP contribution >= 0.6 is 27.5 Å². The Morgan fingerprint density at radius 1 is 1.50 bits per heavy atom. The second-order valence-corrected chi connectivity index (χ2v) is 4.76. The third kappa shape index (κ3) is 3.58. The van der Waals surface area contributed by atoms with Gasteiger partial charge in [0.15, 0.2) is 0 Å². The zero-order valence-corrected chi connectivity index (χ0v) is 10.4. The molecule has 1 aromatic rings. The van der Waals surface area contributed by atoms with Gasteiger partial charge >= 0.3 is 0 Å². The summed E-state index contributed by atoms with van der Waals surface area (Å²) in [4.78, 5) is 0.